The molecule has 1 aromatic rings. The lowest BCUT2D eigenvalue weighted by Gasteiger charge is -2.20. The molecule has 0 unspecified atom stereocenters. The average Bonchev–Trinajstić information content (AvgIpc) is 2.29. The lowest BCUT2D eigenvalue weighted by Crippen LogP contribution is -2.23. The van der Waals surface area contributed by atoms with Crippen molar-refractivity contribution in [2.45, 2.75) is 25.4 Å². The molecule has 0 aromatic carbocycles. The van der Waals surface area contributed by atoms with Crippen LogP contribution in [0.15, 0.2) is 12.3 Å². The predicted molar refractivity (Wildman–Crippen MR) is 58.6 cm³/mol. The van der Waals surface area contributed by atoms with Gasteiger partial charge in [0.25, 0.3) is 0 Å². The lowest BCUT2D eigenvalue weighted by atomic mass is 10.0. The van der Waals surface area contributed by atoms with Gasteiger partial charge in [-0.1, -0.05) is 0 Å². The third kappa shape index (κ3) is 2.56. The predicted octanol–water partition coefficient (Wildman–Crippen LogP) is 0.261. The number of aromatic nitrogens is 2. The maximum absolute atomic E-state index is 11.3. The van der Waals surface area contributed by atoms with Crippen LogP contribution in [0.25, 0.3) is 0 Å². The summed E-state index contributed by atoms with van der Waals surface area (Å²) in [6.07, 6.45) is 2.77. The van der Waals surface area contributed by atoms with Crippen LogP contribution in [0.3, 0.4) is 0 Å². The van der Waals surface area contributed by atoms with Crippen LogP contribution in [0, 0.1) is 0 Å². The van der Waals surface area contributed by atoms with Gasteiger partial charge in [0.15, 0.2) is 0 Å². The van der Waals surface area contributed by atoms with Crippen molar-refractivity contribution in [1.82, 2.24) is 9.97 Å². The molecule has 2 heterocycles. The van der Waals surface area contributed by atoms with Crippen LogP contribution < -0.4 is 0 Å². The topological polar surface area (TPSA) is 80.2 Å². The Bertz CT molecular complexity index is 459. The molecule has 1 saturated heterocycles. The fraction of sp³-hybridized carbons (Fsp3) is 0.600. The van der Waals surface area contributed by atoms with Crippen LogP contribution in [-0.2, 0) is 16.4 Å². The van der Waals surface area contributed by atoms with Crippen molar-refractivity contribution in [1.29, 1.82) is 0 Å². The van der Waals surface area contributed by atoms with E-state index in [-0.39, 0.29) is 24.0 Å². The fourth-order valence-electron chi connectivity index (χ4n) is 1.85. The highest BCUT2D eigenvalue weighted by atomic mass is 32.2. The van der Waals surface area contributed by atoms with Crippen LogP contribution >= 0.6 is 0 Å². The second kappa shape index (κ2) is 4.47. The molecular formula is C10H14N2O3S. The monoisotopic (exact) mass is 242 g/mol. The van der Waals surface area contributed by atoms with Crippen LogP contribution in [0.5, 0.6) is 0 Å². The number of nitrogens with zero attached hydrogens (tertiary/aromatic N) is 2. The van der Waals surface area contributed by atoms with Crippen molar-refractivity contribution in [3.8, 4) is 0 Å². The third-order valence-electron chi connectivity index (χ3n) is 2.81. The van der Waals surface area contributed by atoms with Crippen molar-refractivity contribution in [2.75, 3.05) is 11.5 Å². The van der Waals surface area contributed by atoms with Gasteiger partial charge in [-0.2, -0.15) is 0 Å². The Balaban J connectivity index is 2.13. The zero-order valence-electron chi connectivity index (χ0n) is 8.83. The molecule has 0 radical (unpaired) electrons. The van der Waals surface area contributed by atoms with E-state index in [0.29, 0.717) is 24.4 Å². The normalized spacial score (nSPS) is 20.8. The quantitative estimate of drug-likeness (QED) is 0.804. The van der Waals surface area contributed by atoms with E-state index in [0.717, 1.165) is 0 Å². The number of aliphatic hydroxyl groups is 1. The van der Waals surface area contributed by atoms with Gasteiger partial charge < -0.3 is 5.11 Å². The minimum atomic E-state index is -2.84. The number of rotatable bonds is 2. The molecule has 1 aromatic heterocycles. The molecule has 6 heteroatoms. The second-order valence-electron chi connectivity index (χ2n) is 3.99. The van der Waals surface area contributed by atoms with E-state index in [1.165, 1.54) is 0 Å². The Morgan fingerprint density at radius 3 is 2.69 bits per heavy atom. The van der Waals surface area contributed by atoms with E-state index in [2.05, 4.69) is 9.97 Å². The van der Waals surface area contributed by atoms with Crippen molar-refractivity contribution in [2.24, 2.45) is 0 Å². The smallest absolute Gasteiger partial charge is 0.150 e. The number of sulfone groups is 1. The van der Waals surface area contributed by atoms with Gasteiger partial charge in [-0.05, 0) is 18.9 Å². The molecule has 0 atom stereocenters. The minimum absolute atomic E-state index is 0.107. The molecule has 0 spiro atoms. The highest BCUT2D eigenvalue weighted by Crippen LogP contribution is 2.26. The molecule has 1 aliphatic heterocycles. The van der Waals surface area contributed by atoms with Crippen LogP contribution in [0.4, 0.5) is 0 Å². The van der Waals surface area contributed by atoms with Gasteiger partial charge in [-0.15, -0.1) is 0 Å². The lowest BCUT2D eigenvalue weighted by molar-refractivity contribution is 0.275. The van der Waals surface area contributed by atoms with Crippen LogP contribution in [0.2, 0.25) is 0 Å². The van der Waals surface area contributed by atoms with Crippen molar-refractivity contribution in [3.63, 3.8) is 0 Å². The summed E-state index contributed by atoms with van der Waals surface area (Å²) >= 11 is 0. The molecule has 1 fully saturated rings. The van der Waals surface area contributed by atoms with E-state index in [1.54, 1.807) is 12.3 Å². The first-order valence-corrected chi connectivity index (χ1v) is 7.06. The van der Waals surface area contributed by atoms with Gasteiger partial charge in [-0.3, -0.25) is 0 Å². The van der Waals surface area contributed by atoms with Crippen LogP contribution in [-0.4, -0.2) is 35.0 Å². The number of hydrogen-bond donors (Lipinski definition) is 1. The molecule has 0 aliphatic carbocycles. The number of hydrogen-bond acceptors (Lipinski definition) is 5. The summed E-state index contributed by atoms with van der Waals surface area (Å²) in [5.41, 5.74) is 0.582. The first-order valence-electron chi connectivity index (χ1n) is 5.24. The Kier molecular flexibility index (Phi) is 3.20. The second-order valence-corrected chi connectivity index (χ2v) is 6.29. The standard InChI is InChI=1S/C10H14N2O3S/c13-7-9-1-4-11-10(12-9)8-2-5-16(14,15)6-3-8/h1,4,8,13H,2-3,5-7H2. The molecule has 88 valence electrons. The van der Waals surface area contributed by atoms with Gasteiger partial charge in [0.1, 0.15) is 15.7 Å². The maximum atomic E-state index is 11.3. The number of aliphatic hydroxyl groups excluding tert-OH is 1. The summed E-state index contributed by atoms with van der Waals surface area (Å²) in [7, 11) is -2.84. The zero-order valence-corrected chi connectivity index (χ0v) is 9.65. The van der Waals surface area contributed by atoms with Crippen molar-refractivity contribution < 1.29 is 13.5 Å². The Morgan fingerprint density at radius 2 is 2.06 bits per heavy atom. The summed E-state index contributed by atoms with van der Waals surface area (Å²) in [6.45, 7) is -0.111. The SMILES string of the molecule is O=S1(=O)CCC(c2nccc(CO)n2)CC1. The Hall–Kier alpha value is -1.01. The summed E-state index contributed by atoms with van der Waals surface area (Å²) in [5, 5.41) is 8.96. The summed E-state index contributed by atoms with van der Waals surface area (Å²) in [4.78, 5) is 8.35. The average molecular weight is 242 g/mol. The first-order chi connectivity index (χ1) is 7.61. The molecule has 5 nitrogen and oxygen atoms in total. The van der Waals surface area contributed by atoms with Crippen molar-refractivity contribution in [3.05, 3.63) is 23.8 Å². The molecular weight excluding hydrogens is 228 g/mol. The minimum Gasteiger partial charge on any atom is -0.390 e. The first kappa shape index (κ1) is 11.5. The van der Waals surface area contributed by atoms with Gasteiger partial charge in [0.05, 0.1) is 23.8 Å². The maximum Gasteiger partial charge on any atom is 0.150 e. The molecule has 0 bridgehead atoms. The largest absolute Gasteiger partial charge is 0.390 e. The fourth-order valence-corrected chi connectivity index (χ4v) is 3.34. The van der Waals surface area contributed by atoms with E-state index >= 15 is 0 Å². The molecule has 0 saturated carbocycles. The van der Waals surface area contributed by atoms with Gasteiger partial charge in [0, 0.05) is 12.1 Å². The Morgan fingerprint density at radius 1 is 1.38 bits per heavy atom. The summed E-state index contributed by atoms with van der Waals surface area (Å²) < 4.78 is 22.5. The van der Waals surface area contributed by atoms with Crippen molar-refractivity contribution >= 4 is 9.84 Å². The zero-order chi connectivity index (χ0) is 11.6. The summed E-state index contributed by atoms with van der Waals surface area (Å²) in [6, 6.07) is 1.66. The molecule has 1 aliphatic rings. The Labute approximate surface area is 94.5 Å². The van der Waals surface area contributed by atoms with E-state index in [4.69, 9.17) is 5.11 Å². The molecule has 0 amide bonds. The van der Waals surface area contributed by atoms with E-state index < -0.39 is 9.84 Å². The highest BCUT2D eigenvalue weighted by Gasteiger charge is 2.26. The molecule has 1 N–H and O–H groups in total. The van der Waals surface area contributed by atoms with Gasteiger partial charge >= 0.3 is 0 Å². The molecule has 2 rings (SSSR count). The van der Waals surface area contributed by atoms with Gasteiger partial charge in [-0.25, -0.2) is 18.4 Å². The molecule has 16 heavy (non-hydrogen) atoms. The highest BCUT2D eigenvalue weighted by molar-refractivity contribution is 7.91. The summed E-state index contributed by atoms with van der Waals surface area (Å²) in [5.74, 6) is 1.19. The van der Waals surface area contributed by atoms with Gasteiger partial charge in [0.2, 0.25) is 0 Å². The third-order valence-corrected chi connectivity index (χ3v) is 4.53. The van der Waals surface area contributed by atoms with E-state index in [1.807, 2.05) is 0 Å². The van der Waals surface area contributed by atoms with Crippen LogP contribution in [0.1, 0.15) is 30.3 Å². The van der Waals surface area contributed by atoms with E-state index in [9.17, 15) is 8.42 Å².